The van der Waals surface area contributed by atoms with Crippen molar-refractivity contribution in [2.45, 2.75) is 19.4 Å². The van der Waals surface area contributed by atoms with Gasteiger partial charge < -0.3 is 4.74 Å². The monoisotopic (exact) mass is 375 g/mol. The first-order valence-electron chi connectivity index (χ1n) is 9.04. The van der Waals surface area contributed by atoms with Crippen molar-refractivity contribution >= 4 is 27.9 Å². The lowest BCUT2D eigenvalue weighted by Gasteiger charge is -2.26. The summed E-state index contributed by atoms with van der Waals surface area (Å²) in [5.41, 5.74) is 8.37. The first kappa shape index (κ1) is 16.9. The molecule has 28 heavy (non-hydrogen) atoms. The Morgan fingerprint density at radius 1 is 1.04 bits per heavy atom. The van der Waals surface area contributed by atoms with E-state index in [9.17, 15) is 4.39 Å². The molecule has 3 heterocycles. The third-order valence-corrected chi connectivity index (χ3v) is 5.07. The molecule has 0 saturated heterocycles. The smallest absolute Gasteiger partial charge is 0.129 e. The Morgan fingerprint density at radius 3 is 2.71 bits per heavy atom. The predicted octanol–water partition coefficient (Wildman–Crippen LogP) is 4.73. The van der Waals surface area contributed by atoms with Crippen LogP contribution < -0.4 is 5.48 Å². The van der Waals surface area contributed by atoms with Crippen molar-refractivity contribution < 1.29 is 14.0 Å². The number of benzene rings is 2. The molecule has 0 radical (unpaired) electrons. The van der Waals surface area contributed by atoms with Gasteiger partial charge in [-0.25, -0.2) is 4.39 Å². The van der Waals surface area contributed by atoms with Crippen LogP contribution in [0.4, 0.5) is 10.1 Å². The lowest BCUT2D eigenvalue weighted by Crippen LogP contribution is -2.22. The zero-order chi connectivity index (χ0) is 19.3. The minimum absolute atomic E-state index is 0.317. The fraction of sp³-hybridized carbons (Fsp3) is 0.182. The first-order valence-corrected chi connectivity index (χ1v) is 9.04. The van der Waals surface area contributed by atoms with Crippen LogP contribution in [-0.2, 0) is 9.57 Å². The van der Waals surface area contributed by atoms with Crippen LogP contribution in [0.5, 0.6) is 0 Å². The Kier molecular flexibility index (Phi) is 3.70. The van der Waals surface area contributed by atoms with Crippen LogP contribution in [-0.4, -0.2) is 22.2 Å². The van der Waals surface area contributed by atoms with Crippen LogP contribution >= 0.6 is 0 Å². The van der Waals surface area contributed by atoms with E-state index >= 15 is 0 Å². The molecule has 0 aliphatic carbocycles. The maximum absolute atomic E-state index is 13.6. The third kappa shape index (κ3) is 2.73. The molecule has 2 aliphatic rings. The molecule has 0 bridgehead atoms. The van der Waals surface area contributed by atoms with Crippen LogP contribution in [0.25, 0.3) is 22.2 Å². The van der Waals surface area contributed by atoms with Crippen molar-refractivity contribution in [3.05, 3.63) is 77.6 Å². The van der Waals surface area contributed by atoms with Gasteiger partial charge in [-0.15, -0.1) is 0 Å². The molecule has 5 rings (SSSR count). The number of aromatic nitrogens is 2. The molecule has 0 spiro atoms. The van der Waals surface area contributed by atoms with Crippen molar-refractivity contribution in [2.75, 3.05) is 12.1 Å². The Hall–Kier alpha value is -3.25. The topological polar surface area (TPSA) is 56.3 Å². The summed E-state index contributed by atoms with van der Waals surface area (Å²) in [6, 6.07) is 10.6. The number of hydrogen-bond acceptors (Lipinski definition) is 5. The molecule has 1 aromatic heterocycles. The molecule has 1 N–H and O–H groups in total. The quantitative estimate of drug-likeness (QED) is 0.666. The SMILES string of the molecule is CC1(C)O/C(=C2/CONc3cc(F)ccc32)C=C1c1ccc2nccnc2c1. The second-order valence-corrected chi connectivity index (χ2v) is 7.35. The maximum atomic E-state index is 13.6. The summed E-state index contributed by atoms with van der Waals surface area (Å²) in [6.45, 7) is 4.39. The lowest BCUT2D eigenvalue weighted by molar-refractivity contribution is 0.109. The van der Waals surface area contributed by atoms with Crippen LogP contribution in [0, 0.1) is 5.82 Å². The van der Waals surface area contributed by atoms with Crippen LogP contribution in [0.3, 0.4) is 0 Å². The standard InChI is InChI=1S/C22H18FN3O2/c1-22(2)17(13-3-6-18-20(9-13)25-8-7-24-18)11-21(28-22)16-12-27-26-19-10-14(23)4-5-15(16)19/h3-11,26H,12H2,1-2H3/b21-16-. The number of nitrogens with one attached hydrogen (secondary N) is 1. The number of hydrogen-bond donors (Lipinski definition) is 1. The zero-order valence-corrected chi connectivity index (χ0v) is 15.5. The van der Waals surface area contributed by atoms with Gasteiger partial charge in [0.1, 0.15) is 23.8 Å². The molecule has 0 amide bonds. The Labute approximate surface area is 161 Å². The van der Waals surface area contributed by atoms with Gasteiger partial charge in [-0.3, -0.25) is 20.3 Å². The van der Waals surface area contributed by atoms with Crippen LogP contribution in [0.15, 0.2) is 60.6 Å². The van der Waals surface area contributed by atoms with E-state index in [1.54, 1.807) is 18.5 Å². The van der Waals surface area contributed by atoms with Gasteiger partial charge in [0.15, 0.2) is 0 Å². The maximum Gasteiger partial charge on any atom is 0.129 e. The minimum Gasteiger partial charge on any atom is -0.483 e. The molecule has 5 nitrogen and oxygen atoms in total. The van der Waals surface area contributed by atoms with Gasteiger partial charge in [-0.2, -0.15) is 0 Å². The fourth-order valence-electron chi connectivity index (χ4n) is 3.71. The highest BCUT2D eigenvalue weighted by Gasteiger charge is 2.35. The number of anilines is 1. The van der Waals surface area contributed by atoms with Crippen LogP contribution in [0.2, 0.25) is 0 Å². The number of nitrogens with zero attached hydrogens (tertiary/aromatic N) is 2. The Bertz CT molecular complexity index is 1170. The predicted molar refractivity (Wildman–Crippen MR) is 106 cm³/mol. The van der Waals surface area contributed by atoms with Crippen LogP contribution in [0.1, 0.15) is 25.0 Å². The summed E-state index contributed by atoms with van der Waals surface area (Å²) in [4.78, 5) is 14.2. The van der Waals surface area contributed by atoms with Gasteiger partial charge in [-0.1, -0.05) is 6.07 Å². The van der Waals surface area contributed by atoms with Gasteiger partial charge in [0.25, 0.3) is 0 Å². The van der Waals surface area contributed by atoms with E-state index in [4.69, 9.17) is 9.57 Å². The molecule has 2 aliphatic heterocycles. The lowest BCUT2D eigenvalue weighted by atomic mass is 9.92. The molecule has 0 fully saturated rings. The van der Waals surface area contributed by atoms with E-state index < -0.39 is 5.60 Å². The van der Waals surface area contributed by atoms with Gasteiger partial charge in [0, 0.05) is 29.1 Å². The van der Waals surface area contributed by atoms with E-state index in [2.05, 4.69) is 15.4 Å². The third-order valence-electron chi connectivity index (χ3n) is 5.07. The summed E-state index contributed by atoms with van der Waals surface area (Å²) in [7, 11) is 0. The van der Waals surface area contributed by atoms with E-state index in [0.29, 0.717) is 12.3 Å². The molecule has 0 saturated carbocycles. The average molecular weight is 375 g/mol. The van der Waals surface area contributed by atoms with E-state index in [1.165, 1.54) is 12.1 Å². The van der Waals surface area contributed by atoms with Gasteiger partial charge in [0.05, 0.1) is 16.7 Å². The summed E-state index contributed by atoms with van der Waals surface area (Å²) >= 11 is 0. The van der Waals surface area contributed by atoms with Crippen molar-refractivity contribution in [3.63, 3.8) is 0 Å². The molecule has 6 heteroatoms. The minimum atomic E-state index is -0.525. The Balaban J connectivity index is 1.64. The first-order chi connectivity index (χ1) is 13.5. The molecule has 3 aromatic rings. The van der Waals surface area contributed by atoms with Crippen molar-refractivity contribution in [1.29, 1.82) is 0 Å². The zero-order valence-electron chi connectivity index (χ0n) is 15.5. The van der Waals surface area contributed by atoms with E-state index in [0.717, 1.165) is 39.1 Å². The van der Waals surface area contributed by atoms with Crippen molar-refractivity contribution in [3.8, 4) is 0 Å². The number of ether oxygens (including phenoxy) is 1. The highest BCUT2D eigenvalue weighted by Crippen LogP contribution is 2.43. The normalized spacial score (nSPS) is 20.3. The fourth-order valence-corrected chi connectivity index (χ4v) is 3.71. The second-order valence-electron chi connectivity index (χ2n) is 7.35. The van der Waals surface area contributed by atoms with E-state index in [1.807, 2.05) is 38.1 Å². The molecule has 0 atom stereocenters. The molecule has 0 unspecified atom stereocenters. The second kappa shape index (κ2) is 6.14. The Morgan fingerprint density at radius 2 is 1.86 bits per heavy atom. The number of rotatable bonds is 1. The van der Waals surface area contributed by atoms with Gasteiger partial charge in [0.2, 0.25) is 0 Å². The summed E-state index contributed by atoms with van der Waals surface area (Å²) in [5, 5.41) is 0. The number of allylic oxidation sites excluding steroid dienone is 1. The molecular weight excluding hydrogens is 357 g/mol. The number of fused-ring (bicyclic) bond motifs is 2. The molecule has 140 valence electrons. The highest BCUT2D eigenvalue weighted by molar-refractivity contribution is 5.88. The molecule has 2 aromatic carbocycles. The average Bonchev–Trinajstić information content (AvgIpc) is 3.02. The summed E-state index contributed by atoms with van der Waals surface area (Å²) < 4.78 is 19.9. The van der Waals surface area contributed by atoms with Gasteiger partial charge in [-0.05, 0) is 55.8 Å². The number of halogens is 1. The van der Waals surface area contributed by atoms with Crippen molar-refractivity contribution in [1.82, 2.24) is 9.97 Å². The van der Waals surface area contributed by atoms with Gasteiger partial charge >= 0.3 is 0 Å². The highest BCUT2D eigenvalue weighted by atomic mass is 19.1. The summed E-state index contributed by atoms with van der Waals surface area (Å²) in [5.74, 6) is 0.413. The molecular formula is C22H18FN3O2. The van der Waals surface area contributed by atoms with E-state index in [-0.39, 0.29) is 5.82 Å². The summed E-state index contributed by atoms with van der Waals surface area (Å²) in [6.07, 6.45) is 5.41. The van der Waals surface area contributed by atoms with Crippen molar-refractivity contribution in [2.24, 2.45) is 0 Å². The largest absolute Gasteiger partial charge is 0.483 e.